The van der Waals surface area contributed by atoms with Gasteiger partial charge in [-0.2, -0.15) is 4.31 Å². The molecule has 0 aromatic heterocycles. The predicted octanol–water partition coefficient (Wildman–Crippen LogP) is 3.62. The minimum Gasteiger partial charge on any atom is -0.455 e. The van der Waals surface area contributed by atoms with Gasteiger partial charge in [0.25, 0.3) is 5.91 Å². The molecule has 2 unspecified atom stereocenters. The lowest BCUT2D eigenvalue weighted by Gasteiger charge is -2.31. The highest BCUT2D eigenvalue weighted by Gasteiger charge is 2.33. The Labute approximate surface area is 198 Å². The number of benzene rings is 1. The molecule has 1 aliphatic carbocycles. The molecule has 1 heterocycles. The van der Waals surface area contributed by atoms with E-state index in [1.165, 1.54) is 10.7 Å². The molecule has 184 valence electrons. The molecule has 3 rings (SSSR count). The van der Waals surface area contributed by atoms with Gasteiger partial charge in [0.1, 0.15) is 0 Å². The number of esters is 1. The zero-order valence-corrected chi connectivity index (χ0v) is 21.1. The summed E-state index contributed by atoms with van der Waals surface area (Å²) in [6.07, 6.45) is 5.15. The standard InChI is InChI=1S/C25H38N2O5S/c1-18-7-5-6-8-22(18)26-23(28)17-32-24(29)19-13-15-27(16-14-19)33(30,31)21-11-9-20(10-12-21)25(2,3)4/h9-12,18-19,22H,5-8,13-17H2,1-4H3,(H,26,28). The number of ether oxygens (including phenoxy) is 1. The smallest absolute Gasteiger partial charge is 0.309 e. The van der Waals surface area contributed by atoms with Crippen molar-refractivity contribution in [3.63, 3.8) is 0 Å². The number of amides is 1. The summed E-state index contributed by atoms with van der Waals surface area (Å²) in [5.74, 6) is -0.635. The predicted molar refractivity (Wildman–Crippen MR) is 127 cm³/mol. The number of rotatable bonds is 6. The third-order valence-corrected chi connectivity index (χ3v) is 8.86. The molecule has 1 aliphatic heterocycles. The van der Waals surface area contributed by atoms with Crippen molar-refractivity contribution in [3.8, 4) is 0 Å². The van der Waals surface area contributed by atoms with Crippen LogP contribution in [0.3, 0.4) is 0 Å². The van der Waals surface area contributed by atoms with E-state index >= 15 is 0 Å². The Morgan fingerprint density at radius 3 is 2.21 bits per heavy atom. The average molecular weight is 479 g/mol. The van der Waals surface area contributed by atoms with Gasteiger partial charge >= 0.3 is 5.97 Å². The van der Waals surface area contributed by atoms with E-state index in [1.54, 1.807) is 12.1 Å². The van der Waals surface area contributed by atoms with E-state index in [1.807, 2.05) is 12.1 Å². The average Bonchev–Trinajstić information content (AvgIpc) is 2.78. The first-order valence-electron chi connectivity index (χ1n) is 12.0. The minimum absolute atomic E-state index is 0.0491. The summed E-state index contributed by atoms with van der Waals surface area (Å²) in [7, 11) is -3.60. The van der Waals surface area contributed by atoms with Gasteiger partial charge in [0.15, 0.2) is 6.61 Å². The highest BCUT2D eigenvalue weighted by molar-refractivity contribution is 7.89. The molecule has 7 nitrogen and oxygen atoms in total. The molecular formula is C25H38N2O5S. The van der Waals surface area contributed by atoms with Crippen LogP contribution in [-0.4, -0.2) is 50.3 Å². The van der Waals surface area contributed by atoms with E-state index in [2.05, 4.69) is 33.0 Å². The number of hydrogen-bond donors (Lipinski definition) is 1. The van der Waals surface area contributed by atoms with Gasteiger partial charge in [0.05, 0.1) is 10.8 Å². The van der Waals surface area contributed by atoms with E-state index in [9.17, 15) is 18.0 Å². The number of nitrogens with zero attached hydrogens (tertiary/aromatic N) is 1. The van der Waals surface area contributed by atoms with Crippen molar-refractivity contribution in [1.82, 2.24) is 9.62 Å². The Balaban J connectivity index is 1.47. The van der Waals surface area contributed by atoms with Crippen LogP contribution in [-0.2, 0) is 29.8 Å². The molecule has 0 spiro atoms. The van der Waals surface area contributed by atoms with Crippen molar-refractivity contribution in [3.05, 3.63) is 29.8 Å². The summed E-state index contributed by atoms with van der Waals surface area (Å²) in [5.41, 5.74) is 1.02. The summed E-state index contributed by atoms with van der Waals surface area (Å²) < 4.78 is 32.7. The monoisotopic (exact) mass is 478 g/mol. The van der Waals surface area contributed by atoms with Crippen molar-refractivity contribution in [2.75, 3.05) is 19.7 Å². The number of sulfonamides is 1. The van der Waals surface area contributed by atoms with Crippen LogP contribution in [0.25, 0.3) is 0 Å². The van der Waals surface area contributed by atoms with Gasteiger partial charge in [0, 0.05) is 19.1 Å². The van der Waals surface area contributed by atoms with Crippen LogP contribution in [0.5, 0.6) is 0 Å². The van der Waals surface area contributed by atoms with Crippen LogP contribution in [0, 0.1) is 11.8 Å². The van der Waals surface area contributed by atoms with Crippen molar-refractivity contribution in [1.29, 1.82) is 0 Å². The molecule has 2 atom stereocenters. The molecule has 1 N–H and O–H groups in total. The van der Waals surface area contributed by atoms with Crippen molar-refractivity contribution >= 4 is 21.9 Å². The summed E-state index contributed by atoms with van der Waals surface area (Å²) in [6.45, 7) is 8.63. The lowest BCUT2D eigenvalue weighted by atomic mass is 9.86. The molecule has 0 bridgehead atoms. The second kappa shape index (κ2) is 10.6. The Bertz CT molecular complexity index is 929. The highest BCUT2D eigenvalue weighted by atomic mass is 32.2. The third-order valence-electron chi connectivity index (χ3n) is 6.95. The molecular weight excluding hydrogens is 440 g/mol. The number of piperidine rings is 1. The summed E-state index contributed by atoms with van der Waals surface area (Å²) in [4.78, 5) is 24.9. The summed E-state index contributed by atoms with van der Waals surface area (Å²) >= 11 is 0. The normalized spacial score (nSPS) is 23.2. The molecule has 33 heavy (non-hydrogen) atoms. The first kappa shape index (κ1) is 25.7. The molecule has 1 aromatic carbocycles. The fourth-order valence-corrected chi connectivity index (χ4v) is 6.11. The Hall–Kier alpha value is -1.93. The summed E-state index contributed by atoms with van der Waals surface area (Å²) in [6, 6.07) is 7.17. The molecule has 2 aliphatic rings. The number of nitrogens with one attached hydrogen (secondary N) is 1. The number of hydrogen-bond acceptors (Lipinski definition) is 5. The maximum absolute atomic E-state index is 13.0. The molecule has 0 radical (unpaired) electrons. The fourth-order valence-electron chi connectivity index (χ4n) is 4.64. The van der Waals surface area contributed by atoms with E-state index in [0.29, 0.717) is 18.8 Å². The van der Waals surface area contributed by atoms with Crippen molar-refractivity contribution in [2.45, 2.75) is 82.6 Å². The molecule has 1 saturated carbocycles. The van der Waals surface area contributed by atoms with Gasteiger partial charge in [-0.05, 0) is 54.7 Å². The van der Waals surface area contributed by atoms with Crippen molar-refractivity contribution in [2.24, 2.45) is 11.8 Å². The fraction of sp³-hybridized carbons (Fsp3) is 0.680. The largest absolute Gasteiger partial charge is 0.455 e. The van der Waals surface area contributed by atoms with Gasteiger partial charge in [0.2, 0.25) is 10.0 Å². The van der Waals surface area contributed by atoms with E-state index < -0.39 is 16.0 Å². The number of carbonyl (C=O) groups is 2. The third kappa shape index (κ3) is 6.57. The maximum Gasteiger partial charge on any atom is 0.309 e. The van der Waals surface area contributed by atoms with Crippen LogP contribution in [0.2, 0.25) is 0 Å². The van der Waals surface area contributed by atoms with Crippen LogP contribution < -0.4 is 5.32 Å². The first-order valence-corrected chi connectivity index (χ1v) is 13.5. The van der Waals surface area contributed by atoms with E-state index in [0.717, 1.165) is 24.8 Å². The molecule has 2 fully saturated rings. The topological polar surface area (TPSA) is 92.8 Å². The summed E-state index contributed by atoms with van der Waals surface area (Å²) in [5, 5.41) is 2.98. The zero-order valence-electron chi connectivity index (χ0n) is 20.3. The number of carbonyl (C=O) groups excluding carboxylic acids is 2. The van der Waals surface area contributed by atoms with Crippen LogP contribution in [0.15, 0.2) is 29.2 Å². The SMILES string of the molecule is CC1CCCCC1NC(=O)COC(=O)C1CCN(S(=O)(=O)c2ccc(C(C)(C)C)cc2)CC1. The highest BCUT2D eigenvalue weighted by Crippen LogP contribution is 2.28. The van der Waals surface area contributed by atoms with Crippen LogP contribution in [0.4, 0.5) is 0 Å². The second-order valence-corrected chi connectivity index (χ2v) is 12.4. The van der Waals surface area contributed by atoms with Crippen LogP contribution >= 0.6 is 0 Å². The van der Waals surface area contributed by atoms with Gasteiger partial charge in [-0.25, -0.2) is 8.42 Å². The zero-order chi connectivity index (χ0) is 24.2. The molecule has 1 saturated heterocycles. The van der Waals surface area contributed by atoms with E-state index in [-0.39, 0.29) is 47.9 Å². The Kier molecular flexibility index (Phi) is 8.22. The molecule has 1 amide bonds. The lowest BCUT2D eigenvalue weighted by molar-refractivity contribution is -0.154. The first-order chi connectivity index (χ1) is 15.5. The minimum atomic E-state index is -3.60. The Morgan fingerprint density at radius 1 is 1.03 bits per heavy atom. The Morgan fingerprint density at radius 2 is 1.64 bits per heavy atom. The van der Waals surface area contributed by atoms with E-state index in [4.69, 9.17) is 4.74 Å². The van der Waals surface area contributed by atoms with Gasteiger partial charge < -0.3 is 10.1 Å². The van der Waals surface area contributed by atoms with Crippen LogP contribution in [0.1, 0.15) is 71.8 Å². The quantitative estimate of drug-likeness (QED) is 0.631. The second-order valence-electron chi connectivity index (χ2n) is 10.5. The van der Waals surface area contributed by atoms with Gasteiger partial charge in [-0.3, -0.25) is 9.59 Å². The van der Waals surface area contributed by atoms with Gasteiger partial charge in [-0.1, -0.05) is 52.7 Å². The van der Waals surface area contributed by atoms with Gasteiger partial charge in [-0.15, -0.1) is 0 Å². The molecule has 1 aromatic rings. The van der Waals surface area contributed by atoms with Crippen molar-refractivity contribution < 1.29 is 22.7 Å². The lowest BCUT2D eigenvalue weighted by Crippen LogP contribution is -2.44. The molecule has 8 heteroatoms. The maximum atomic E-state index is 13.0.